The number of benzene rings is 1. The van der Waals surface area contributed by atoms with Crippen LogP contribution < -0.4 is 15.5 Å². The summed E-state index contributed by atoms with van der Waals surface area (Å²) in [4.78, 5) is 6.35. The molecule has 2 rings (SSSR count). The molecule has 2 N–H and O–H groups in total. The molecule has 1 saturated carbocycles. The van der Waals surface area contributed by atoms with Gasteiger partial charge in [0.1, 0.15) is 0 Å². The lowest BCUT2D eigenvalue weighted by Crippen LogP contribution is -2.37. The van der Waals surface area contributed by atoms with E-state index in [0.717, 1.165) is 44.6 Å². The van der Waals surface area contributed by atoms with E-state index in [0.29, 0.717) is 0 Å². The third-order valence-corrected chi connectivity index (χ3v) is 3.94. The molecule has 0 saturated heterocycles. The number of hydrogen-bond acceptors (Lipinski definition) is 3. The second-order valence-electron chi connectivity index (χ2n) is 6.29. The molecule has 1 aromatic carbocycles. The van der Waals surface area contributed by atoms with Crippen molar-refractivity contribution >= 4 is 11.6 Å². The first-order valence-corrected chi connectivity index (χ1v) is 8.47. The molecular weight excluding hydrogens is 288 g/mol. The van der Waals surface area contributed by atoms with E-state index in [9.17, 15) is 0 Å². The second-order valence-corrected chi connectivity index (χ2v) is 6.29. The van der Waals surface area contributed by atoms with Crippen LogP contribution in [0.2, 0.25) is 0 Å². The molecule has 5 heteroatoms. The van der Waals surface area contributed by atoms with Crippen molar-refractivity contribution in [3.63, 3.8) is 0 Å². The van der Waals surface area contributed by atoms with E-state index in [-0.39, 0.29) is 0 Å². The van der Waals surface area contributed by atoms with Gasteiger partial charge in [-0.15, -0.1) is 0 Å². The van der Waals surface area contributed by atoms with Gasteiger partial charge < -0.3 is 20.3 Å². The van der Waals surface area contributed by atoms with Crippen molar-refractivity contribution in [1.82, 2.24) is 10.6 Å². The Labute approximate surface area is 140 Å². The first-order chi connectivity index (χ1) is 11.2. The lowest BCUT2D eigenvalue weighted by atomic mass is 10.2. The minimum Gasteiger partial charge on any atom is -0.381 e. The quantitative estimate of drug-likeness (QED) is 0.416. The van der Waals surface area contributed by atoms with Gasteiger partial charge in [-0.1, -0.05) is 12.1 Å². The number of aliphatic imine (C=N–C) groups is 1. The molecular formula is C18H30N4O. The van der Waals surface area contributed by atoms with E-state index in [2.05, 4.69) is 44.8 Å². The molecule has 0 bridgehead atoms. The third-order valence-electron chi connectivity index (χ3n) is 3.94. The number of nitrogens with one attached hydrogen (secondary N) is 2. The fourth-order valence-corrected chi connectivity index (χ4v) is 2.23. The highest BCUT2D eigenvalue weighted by atomic mass is 16.5. The molecule has 0 amide bonds. The topological polar surface area (TPSA) is 48.9 Å². The molecule has 0 unspecified atom stereocenters. The van der Waals surface area contributed by atoms with Gasteiger partial charge >= 0.3 is 0 Å². The van der Waals surface area contributed by atoms with Crippen LogP contribution in [-0.2, 0) is 11.3 Å². The summed E-state index contributed by atoms with van der Waals surface area (Å²) in [5.41, 5.74) is 2.45. The van der Waals surface area contributed by atoms with Crippen molar-refractivity contribution in [2.24, 2.45) is 10.9 Å². The maximum absolute atomic E-state index is 5.63. The first-order valence-electron chi connectivity index (χ1n) is 8.47. The number of nitrogens with zero attached hydrogens (tertiary/aromatic N) is 2. The molecule has 128 valence electrons. The van der Waals surface area contributed by atoms with Crippen molar-refractivity contribution in [1.29, 1.82) is 0 Å². The van der Waals surface area contributed by atoms with Crippen molar-refractivity contribution in [3.05, 3.63) is 29.8 Å². The van der Waals surface area contributed by atoms with Gasteiger partial charge in [-0.05, 0) is 42.9 Å². The average molecular weight is 318 g/mol. The van der Waals surface area contributed by atoms with Crippen LogP contribution in [0.4, 0.5) is 5.69 Å². The molecule has 23 heavy (non-hydrogen) atoms. The van der Waals surface area contributed by atoms with Crippen molar-refractivity contribution in [3.8, 4) is 0 Å². The molecule has 0 radical (unpaired) electrons. The highest BCUT2D eigenvalue weighted by Crippen LogP contribution is 2.28. The van der Waals surface area contributed by atoms with Crippen LogP contribution >= 0.6 is 0 Å². The van der Waals surface area contributed by atoms with E-state index in [1.165, 1.54) is 24.1 Å². The smallest absolute Gasteiger partial charge is 0.191 e. The summed E-state index contributed by atoms with van der Waals surface area (Å²) < 4.78 is 5.63. The van der Waals surface area contributed by atoms with Crippen LogP contribution in [0.1, 0.15) is 24.8 Å². The van der Waals surface area contributed by atoms with E-state index in [1.54, 1.807) is 7.05 Å². The Morgan fingerprint density at radius 1 is 1.22 bits per heavy atom. The Morgan fingerprint density at radius 2 is 1.96 bits per heavy atom. The summed E-state index contributed by atoms with van der Waals surface area (Å²) in [5.74, 6) is 1.68. The number of rotatable bonds is 9. The summed E-state index contributed by atoms with van der Waals surface area (Å²) in [6, 6.07) is 8.54. The zero-order valence-corrected chi connectivity index (χ0v) is 14.6. The zero-order chi connectivity index (χ0) is 16.5. The molecule has 1 fully saturated rings. The Morgan fingerprint density at radius 3 is 2.57 bits per heavy atom. The SMILES string of the molecule is CN=C(NCCCOCC1CC1)NCc1ccc(N(C)C)cc1. The molecule has 0 spiro atoms. The monoisotopic (exact) mass is 318 g/mol. The van der Waals surface area contributed by atoms with Gasteiger partial charge in [-0.2, -0.15) is 0 Å². The highest BCUT2D eigenvalue weighted by Gasteiger charge is 2.20. The minimum atomic E-state index is 0.769. The van der Waals surface area contributed by atoms with Crippen LogP contribution in [0, 0.1) is 5.92 Å². The Kier molecular flexibility index (Phi) is 7.20. The number of guanidine groups is 1. The van der Waals surface area contributed by atoms with Gasteiger partial charge in [-0.25, -0.2) is 0 Å². The van der Waals surface area contributed by atoms with Gasteiger partial charge in [0.2, 0.25) is 0 Å². The Hall–Kier alpha value is -1.75. The van der Waals surface area contributed by atoms with Crippen LogP contribution in [0.3, 0.4) is 0 Å². The molecule has 1 aliphatic carbocycles. The van der Waals surface area contributed by atoms with Gasteiger partial charge in [-0.3, -0.25) is 4.99 Å². The van der Waals surface area contributed by atoms with Crippen LogP contribution in [0.5, 0.6) is 0 Å². The number of ether oxygens (including phenoxy) is 1. The van der Waals surface area contributed by atoms with Gasteiger partial charge in [0, 0.05) is 53.1 Å². The fourth-order valence-electron chi connectivity index (χ4n) is 2.23. The minimum absolute atomic E-state index is 0.769. The Bertz CT molecular complexity index is 480. The fraction of sp³-hybridized carbons (Fsp3) is 0.611. The molecule has 0 aromatic heterocycles. The van der Waals surface area contributed by atoms with Crippen molar-refractivity contribution < 1.29 is 4.74 Å². The maximum Gasteiger partial charge on any atom is 0.191 e. The van der Waals surface area contributed by atoms with Gasteiger partial charge in [0.15, 0.2) is 5.96 Å². The van der Waals surface area contributed by atoms with Crippen molar-refractivity contribution in [2.45, 2.75) is 25.8 Å². The summed E-state index contributed by atoms with van der Waals surface area (Å²) in [7, 11) is 5.90. The van der Waals surface area contributed by atoms with E-state index >= 15 is 0 Å². The number of hydrogen-bond donors (Lipinski definition) is 2. The van der Waals surface area contributed by atoms with Crippen molar-refractivity contribution in [2.75, 3.05) is 45.8 Å². The molecule has 1 aromatic rings. The zero-order valence-electron chi connectivity index (χ0n) is 14.6. The summed E-state index contributed by atoms with van der Waals surface area (Å²) in [6.07, 6.45) is 3.71. The summed E-state index contributed by atoms with van der Waals surface area (Å²) >= 11 is 0. The molecule has 1 aliphatic rings. The predicted octanol–water partition coefficient (Wildman–Crippen LogP) is 2.23. The average Bonchev–Trinajstić information content (AvgIpc) is 3.38. The van der Waals surface area contributed by atoms with Gasteiger partial charge in [0.25, 0.3) is 0 Å². The molecule has 0 atom stereocenters. The van der Waals surface area contributed by atoms with Crippen LogP contribution in [0.15, 0.2) is 29.3 Å². The van der Waals surface area contributed by atoms with Crippen LogP contribution in [-0.4, -0.2) is 46.9 Å². The Balaban J connectivity index is 1.59. The second kappa shape index (κ2) is 9.40. The highest BCUT2D eigenvalue weighted by molar-refractivity contribution is 5.79. The lowest BCUT2D eigenvalue weighted by Gasteiger charge is -2.14. The number of anilines is 1. The third kappa shape index (κ3) is 6.91. The standard InChI is InChI=1S/C18H30N4O/c1-19-18(20-11-4-12-23-14-16-5-6-16)21-13-15-7-9-17(10-8-15)22(2)3/h7-10,16H,4-6,11-14H2,1-3H3,(H2,19,20,21). The van der Waals surface area contributed by atoms with E-state index in [4.69, 9.17) is 4.74 Å². The largest absolute Gasteiger partial charge is 0.381 e. The van der Waals surface area contributed by atoms with E-state index in [1.807, 2.05) is 14.1 Å². The molecule has 5 nitrogen and oxygen atoms in total. The summed E-state index contributed by atoms with van der Waals surface area (Å²) in [5, 5.41) is 6.66. The normalized spacial score (nSPS) is 14.7. The lowest BCUT2D eigenvalue weighted by molar-refractivity contribution is 0.123. The predicted molar refractivity (Wildman–Crippen MR) is 97.1 cm³/mol. The molecule has 0 heterocycles. The van der Waals surface area contributed by atoms with Gasteiger partial charge in [0.05, 0.1) is 0 Å². The summed E-state index contributed by atoms with van der Waals surface area (Å²) in [6.45, 7) is 3.41. The van der Waals surface area contributed by atoms with Crippen LogP contribution in [0.25, 0.3) is 0 Å². The maximum atomic E-state index is 5.63. The molecule has 0 aliphatic heterocycles. The first kappa shape index (κ1) is 17.6. The van der Waals surface area contributed by atoms with E-state index < -0.39 is 0 Å².